The molecule has 0 unspecified atom stereocenters. The maximum Gasteiger partial charge on any atom is 0.161 e. The lowest BCUT2D eigenvalue weighted by molar-refractivity contribution is 0.269. The molecule has 0 fully saturated rings. The number of nitriles is 2. The first-order valence-electron chi connectivity index (χ1n) is 9.40. The van der Waals surface area contributed by atoms with Crippen molar-refractivity contribution in [2.75, 3.05) is 6.61 Å². The van der Waals surface area contributed by atoms with E-state index in [4.69, 9.17) is 21.1 Å². The Kier molecular flexibility index (Phi) is 7.11. The minimum atomic E-state index is 0.252. The summed E-state index contributed by atoms with van der Waals surface area (Å²) < 4.78 is 11.7. The summed E-state index contributed by atoms with van der Waals surface area (Å²) in [5, 5.41) is 19.4. The first-order chi connectivity index (χ1) is 14.7. The van der Waals surface area contributed by atoms with Crippen LogP contribution in [-0.4, -0.2) is 6.61 Å². The predicted octanol–water partition coefficient (Wildman–Crippen LogP) is 6.25. The van der Waals surface area contributed by atoms with Gasteiger partial charge in [-0.05, 0) is 42.8 Å². The fourth-order valence-electron chi connectivity index (χ4n) is 2.93. The Bertz CT molecular complexity index is 1160. The van der Waals surface area contributed by atoms with Crippen LogP contribution in [0.25, 0.3) is 11.6 Å². The Morgan fingerprint density at radius 2 is 1.73 bits per heavy atom. The van der Waals surface area contributed by atoms with Crippen LogP contribution in [0.4, 0.5) is 0 Å². The standard InChI is InChI=1S/C25H19ClN2O2/c1-2-29-25-14-18(13-21(16-28)22-9-5-6-10-23(22)26)11-12-24(25)30-17-20-8-4-3-7-19(20)15-27/h3-14H,2,17H2,1H3. The first kappa shape index (κ1) is 21.0. The average molecular weight is 415 g/mol. The highest BCUT2D eigenvalue weighted by atomic mass is 35.5. The van der Waals surface area contributed by atoms with Crippen LogP contribution in [0.5, 0.6) is 11.5 Å². The van der Waals surface area contributed by atoms with E-state index in [-0.39, 0.29) is 6.61 Å². The minimum absolute atomic E-state index is 0.252. The number of hydrogen-bond donors (Lipinski definition) is 0. The molecule has 0 saturated carbocycles. The third-order valence-corrected chi connectivity index (χ3v) is 4.71. The summed E-state index contributed by atoms with van der Waals surface area (Å²) in [6, 6.07) is 24.4. The molecular formula is C25H19ClN2O2. The zero-order valence-electron chi connectivity index (χ0n) is 16.4. The molecule has 0 saturated heterocycles. The molecule has 0 spiro atoms. The summed E-state index contributed by atoms with van der Waals surface area (Å²) in [5.74, 6) is 1.13. The van der Waals surface area contributed by atoms with E-state index in [2.05, 4.69) is 12.1 Å². The van der Waals surface area contributed by atoms with Crippen molar-refractivity contribution in [3.63, 3.8) is 0 Å². The van der Waals surface area contributed by atoms with Gasteiger partial charge in [0.1, 0.15) is 6.61 Å². The molecule has 0 radical (unpaired) electrons. The monoisotopic (exact) mass is 414 g/mol. The Morgan fingerprint density at radius 3 is 2.47 bits per heavy atom. The van der Waals surface area contributed by atoms with Gasteiger partial charge in [-0.3, -0.25) is 0 Å². The van der Waals surface area contributed by atoms with Crippen molar-refractivity contribution < 1.29 is 9.47 Å². The van der Waals surface area contributed by atoms with E-state index in [0.29, 0.717) is 39.8 Å². The van der Waals surface area contributed by atoms with E-state index in [9.17, 15) is 10.5 Å². The van der Waals surface area contributed by atoms with E-state index in [1.165, 1.54) is 0 Å². The van der Waals surface area contributed by atoms with Crippen LogP contribution in [0.3, 0.4) is 0 Å². The van der Waals surface area contributed by atoms with Gasteiger partial charge in [0.05, 0.1) is 29.9 Å². The predicted molar refractivity (Wildman–Crippen MR) is 118 cm³/mol. The molecular weight excluding hydrogens is 396 g/mol. The summed E-state index contributed by atoms with van der Waals surface area (Å²) >= 11 is 6.23. The summed E-state index contributed by atoms with van der Waals surface area (Å²) in [7, 11) is 0. The molecule has 0 aliphatic heterocycles. The zero-order valence-corrected chi connectivity index (χ0v) is 17.2. The smallest absolute Gasteiger partial charge is 0.161 e. The zero-order chi connectivity index (χ0) is 21.3. The number of halogens is 1. The van der Waals surface area contributed by atoms with Gasteiger partial charge in [0.25, 0.3) is 0 Å². The van der Waals surface area contributed by atoms with Crippen LogP contribution < -0.4 is 9.47 Å². The van der Waals surface area contributed by atoms with Crippen molar-refractivity contribution in [1.29, 1.82) is 10.5 Å². The van der Waals surface area contributed by atoms with Crippen molar-refractivity contribution in [3.05, 3.63) is 94.0 Å². The Hall–Kier alpha value is -3.73. The van der Waals surface area contributed by atoms with E-state index >= 15 is 0 Å². The van der Waals surface area contributed by atoms with E-state index in [0.717, 1.165) is 11.1 Å². The van der Waals surface area contributed by atoms with Crippen molar-refractivity contribution in [3.8, 4) is 23.6 Å². The molecule has 0 aliphatic rings. The maximum absolute atomic E-state index is 9.59. The first-order valence-corrected chi connectivity index (χ1v) is 9.78. The van der Waals surface area contributed by atoms with Crippen molar-refractivity contribution in [2.24, 2.45) is 0 Å². The fourth-order valence-corrected chi connectivity index (χ4v) is 3.17. The van der Waals surface area contributed by atoms with E-state index in [1.807, 2.05) is 55.5 Å². The molecule has 0 aliphatic carbocycles. The highest BCUT2D eigenvalue weighted by Crippen LogP contribution is 2.32. The second kappa shape index (κ2) is 10.2. The number of rotatable bonds is 7. The van der Waals surface area contributed by atoms with Gasteiger partial charge in [-0.15, -0.1) is 0 Å². The molecule has 3 rings (SSSR count). The molecule has 0 bridgehead atoms. The Morgan fingerprint density at radius 1 is 0.967 bits per heavy atom. The molecule has 30 heavy (non-hydrogen) atoms. The van der Waals surface area contributed by atoms with Gasteiger partial charge < -0.3 is 9.47 Å². The number of ether oxygens (including phenoxy) is 2. The van der Waals surface area contributed by atoms with Crippen LogP contribution >= 0.6 is 11.6 Å². The van der Waals surface area contributed by atoms with Crippen molar-refractivity contribution in [2.45, 2.75) is 13.5 Å². The highest BCUT2D eigenvalue weighted by Gasteiger charge is 2.10. The Labute approximate surface area is 181 Å². The van der Waals surface area contributed by atoms with Gasteiger partial charge in [-0.25, -0.2) is 0 Å². The fraction of sp³-hybridized carbons (Fsp3) is 0.120. The SMILES string of the molecule is CCOc1cc(C=C(C#N)c2ccccc2Cl)ccc1OCc1ccccc1C#N. The van der Waals surface area contributed by atoms with Gasteiger partial charge in [-0.2, -0.15) is 10.5 Å². The lowest BCUT2D eigenvalue weighted by atomic mass is 10.0. The normalized spacial score (nSPS) is 10.7. The van der Waals surface area contributed by atoms with Crippen LogP contribution in [0.2, 0.25) is 5.02 Å². The molecule has 3 aromatic rings. The third-order valence-electron chi connectivity index (χ3n) is 4.38. The molecule has 0 N–H and O–H groups in total. The number of benzene rings is 3. The molecule has 4 nitrogen and oxygen atoms in total. The highest BCUT2D eigenvalue weighted by molar-refractivity contribution is 6.32. The number of hydrogen-bond acceptors (Lipinski definition) is 4. The summed E-state index contributed by atoms with van der Waals surface area (Å²) in [5.41, 5.74) is 3.30. The van der Waals surface area contributed by atoms with Gasteiger partial charge >= 0.3 is 0 Å². The molecule has 0 aromatic heterocycles. The van der Waals surface area contributed by atoms with Crippen LogP contribution in [0.1, 0.15) is 29.2 Å². The lowest BCUT2D eigenvalue weighted by Gasteiger charge is -2.13. The third kappa shape index (κ3) is 5.00. The molecule has 0 heterocycles. The molecule has 5 heteroatoms. The van der Waals surface area contributed by atoms with Gasteiger partial charge in [0.2, 0.25) is 0 Å². The van der Waals surface area contributed by atoms with E-state index in [1.54, 1.807) is 24.3 Å². The quantitative estimate of drug-likeness (QED) is 0.338. The molecule has 3 aromatic carbocycles. The van der Waals surface area contributed by atoms with Crippen LogP contribution in [0.15, 0.2) is 66.7 Å². The largest absolute Gasteiger partial charge is 0.490 e. The van der Waals surface area contributed by atoms with Gasteiger partial charge in [0, 0.05) is 16.1 Å². The van der Waals surface area contributed by atoms with Crippen LogP contribution in [0, 0.1) is 22.7 Å². The maximum atomic E-state index is 9.59. The second-order valence-electron chi connectivity index (χ2n) is 6.35. The molecule has 0 atom stereocenters. The Balaban J connectivity index is 1.89. The van der Waals surface area contributed by atoms with Gasteiger partial charge in [0.15, 0.2) is 11.5 Å². The number of allylic oxidation sites excluding steroid dienone is 1. The summed E-state index contributed by atoms with van der Waals surface area (Å²) in [6.45, 7) is 2.61. The number of nitrogens with zero attached hydrogens (tertiary/aromatic N) is 2. The lowest BCUT2D eigenvalue weighted by Crippen LogP contribution is -2.01. The van der Waals surface area contributed by atoms with E-state index < -0.39 is 0 Å². The molecule has 0 amide bonds. The summed E-state index contributed by atoms with van der Waals surface area (Å²) in [4.78, 5) is 0. The summed E-state index contributed by atoms with van der Waals surface area (Å²) in [6.07, 6.45) is 1.76. The molecule has 148 valence electrons. The minimum Gasteiger partial charge on any atom is -0.490 e. The second-order valence-corrected chi connectivity index (χ2v) is 6.75. The van der Waals surface area contributed by atoms with Crippen LogP contribution in [-0.2, 0) is 6.61 Å². The van der Waals surface area contributed by atoms with Gasteiger partial charge in [-0.1, -0.05) is 54.1 Å². The van der Waals surface area contributed by atoms with Crippen molar-refractivity contribution in [1.82, 2.24) is 0 Å². The average Bonchev–Trinajstić information content (AvgIpc) is 2.78. The topological polar surface area (TPSA) is 66.0 Å². The van der Waals surface area contributed by atoms with Crippen molar-refractivity contribution >= 4 is 23.3 Å².